The van der Waals surface area contributed by atoms with Crippen LogP contribution < -0.4 is 0 Å². The SMILES string of the molecule is CCOC(=O)C1(Sc2ccnc3cc(Br)ccc23)CCC1.Clc1ccnc2cc(Br)ccc12.O=C(O)C1(Sc2ccnc3cc(Br)ccc23)CCC1.O=C(O)C1(Sc2ccnc3cc(Br)ccc23)CCC1.S=c1cc[nH]c2cc(Br)ccc12. The van der Waals surface area contributed by atoms with Gasteiger partial charge in [-0.2, -0.15) is 0 Å². The van der Waals surface area contributed by atoms with Gasteiger partial charge in [-0.15, -0.1) is 35.3 Å². The van der Waals surface area contributed by atoms with Gasteiger partial charge in [0.25, 0.3) is 0 Å². The predicted octanol–water partition coefficient (Wildman–Crippen LogP) is 20.1. The molecule has 3 saturated carbocycles. The second-order valence-corrected chi connectivity index (χ2v) is 29.3. The maximum atomic E-state index is 12.3. The van der Waals surface area contributed by atoms with Crippen LogP contribution in [0, 0.1) is 4.51 Å². The molecule has 3 fully saturated rings. The molecular weight excluding hydrogens is 1470 g/mol. The van der Waals surface area contributed by atoms with Crippen molar-refractivity contribution in [2.45, 2.75) is 93.6 Å². The molecule has 0 aliphatic heterocycles. The van der Waals surface area contributed by atoms with E-state index in [2.05, 4.69) is 105 Å². The van der Waals surface area contributed by atoms with Crippen LogP contribution in [0.5, 0.6) is 0 Å². The first kappa shape index (κ1) is 63.0. The lowest BCUT2D eigenvalue weighted by Gasteiger charge is -2.38. The number of hydrogen-bond donors (Lipinski definition) is 3. The highest BCUT2D eigenvalue weighted by Gasteiger charge is 2.48. The molecule has 5 aromatic heterocycles. The Morgan fingerprint density at radius 2 is 0.867 bits per heavy atom. The van der Waals surface area contributed by atoms with E-state index in [9.17, 15) is 24.6 Å². The van der Waals surface area contributed by atoms with E-state index in [-0.39, 0.29) is 5.97 Å². The summed E-state index contributed by atoms with van der Waals surface area (Å²) in [5.74, 6) is -1.49. The fourth-order valence-corrected chi connectivity index (χ4v) is 15.8. The number of aromatic amines is 1. The quantitative estimate of drug-likeness (QED) is 0.0874. The highest BCUT2D eigenvalue weighted by atomic mass is 79.9. The second kappa shape index (κ2) is 28.4. The average molecular weight is 1530 g/mol. The number of ether oxygens (including phenoxy) is 1. The van der Waals surface area contributed by atoms with Gasteiger partial charge < -0.3 is 19.9 Å². The van der Waals surface area contributed by atoms with E-state index in [1.807, 2.05) is 128 Å². The topological polar surface area (TPSA) is 168 Å². The molecule has 3 aliphatic carbocycles. The summed E-state index contributed by atoms with van der Waals surface area (Å²) in [4.78, 5) is 58.7. The van der Waals surface area contributed by atoms with E-state index < -0.39 is 26.2 Å². The molecule has 426 valence electrons. The number of carboxylic acids is 2. The number of carboxylic acid groups (broad SMARTS) is 2. The second-order valence-electron chi connectivity index (χ2n) is 19.6. The number of nitrogens with zero attached hydrogens (tertiary/aromatic N) is 4. The van der Waals surface area contributed by atoms with Crippen molar-refractivity contribution >= 4 is 211 Å². The lowest BCUT2D eigenvalue weighted by molar-refractivity contribution is -0.148. The first-order valence-corrected chi connectivity index (χ1v) is 33.4. The molecule has 5 aromatic carbocycles. The summed E-state index contributed by atoms with van der Waals surface area (Å²) in [5.41, 5.74) is 4.69. The number of halogens is 6. The number of thioether (sulfide) groups is 3. The fraction of sp³-hybridized carbons (Fsp3) is 0.226. The Kier molecular flexibility index (Phi) is 21.5. The first-order valence-electron chi connectivity index (χ1n) is 26.2. The van der Waals surface area contributed by atoms with Crippen LogP contribution in [0.25, 0.3) is 54.5 Å². The smallest absolute Gasteiger partial charge is 0.322 e. The Bertz CT molecular complexity index is 4000. The number of nitrogens with one attached hydrogen (secondary N) is 1. The number of aliphatic carboxylic acids is 2. The molecule has 0 radical (unpaired) electrons. The summed E-state index contributed by atoms with van der Waals surface area (Å²) in [6.07, 6.45) is 16.7. The summed E-state index contributed by atoms with van der Waals surface area (Å²) in [6.45, 7) is 2.29. The number of H-pyrrole nitrogens is 1. The molecule has 0 unspecified atom stereocenters. The predicted molar refractivity (Wildman–Crippen MR) is 359 cm³/mol. The van der Waals surface area contributed by atoms with Crippen LogP contribution >= 0.6 is 139 Å². The third-order valence-electron chi connectivity index (χ3n) is 14.2. The van der Waals surface area contributed by atoms with Crippen LogP contribution in [0.2, 0.25) is 5.02 Å². The first-order chi connectivity index (χ1) is 39.9. The lowest BCUT2D eigenvalue weighted by Crippen LogP contribution is -2.43. The van der Waals surface area contributed by atoms with Crippen LogP contribution in [0.4, 0.5) is 0 Å². The number of rotatable bonds is 10. The maximum Gasteiger partial charge on any atom is 0.322 e. The molecule has 5 heterocycles. The van der Waals surface area contributed by atoms with Gasteiger partial charge in [0.1, 0.15) is 14.2 Å². The van der Waals surface area contributed by atoms with Crippen molar-refractivity contribution in [3.63, 3.8) is 0 Å². The molecule has 11 nitrogen and oxygen atoms in total. The molecule has 13 rings (SSSR count). The van der Waals surface area contributed by atoms with E-state index in [1.54, 1.807) is 42.6 Å². The van der Waals surface area contributed by atoms with E-state index in [1.165, 1.54) is 23.5 Å². The van der Waals surface area contributed by atoms with Gasteiger partial charge in [0.2, 0.25) is 0 Å². The Morgan fingerprint density at radius 1 is 0.518 bits per heavy atom. The molecular formula is C62H51Br5ClN5O6S4. The van der Waals surface area contributed by atoms with Gasteiger partial charge in [-0.1, -0.05) is 134 Å². The van der Waals surface area contributed by atoms with Crippen molar-refractivity contribution in [2.75, 3.05) is 6.61 Å². The Balaban J connectivity index is 0.000000127. The van der Waals surface area contributed by atoms with Gasteiger partial charge in [-0.3, -0.25) is 34.3 Å². The zero-order valence-electron chi connectivity index (χ0n) is 44.2. The standard InChI is InChI=1S/C16H16BrNO2S.2C14H12BrNO2S.C9H5BrClN.C9H6BrNS/c1-2-20-15(19)16(7-3-8-16)21-14-6-9-18-13-10-11(17)4-5-12(13)14;2*15-9-2-3-10-11(8-9)16-7-4-12(10)19-14(13(17)18)5-1-6-14;10-6-1-2-7-8(11)3-4-12-9(7)5-6;10-6-1-2-7-8(5-6)11-4-3-9(7)12/h4-6,9-10H,2-3,7-8H2,1H3;2*2-4,7-8H,1,5-6H2,(H,17,18);1-5H;1-5H,(H,11,12). The zero-order chi connectivity index (χ0) is 58.9. The Morgan fingerprint density at radius 3 is 1.24 bits per heavy atom. The van der Waals surface area contributed by atoms with E-state index in [0.29, 0.717) is 6.61 Å². The number of carbonyl (C=O) groups is 3. The number of fused-ring (bicyclic) bond motifs is 5. The van der Waals surface area contributed by atoms with Crippen molar-refractivity contribution < 1.29 is 29.3 Å². The van der Waals surface area contributed by atoms with Gasteiger partial charge in [0.15, 0.2) is 0 Å². The van der Waals surface area contributed by atoms with Gasteiger partial charge in [0.05, 0.1) is 33.7 Å². The van der Waals surface area contributed by atoms with Gasteiger partial charge in [-0.25, -0.2) is 0 Å². The summed E-state index contributed by atoms with van der Waals surface area (Å²) in [6, 6.07) is 39.2. The molecule has 10 aromatic rings. The van der Waals surface area contributed by atoms with E-state index >= 15 is 0 Å². The molecule has 3 N–H and O–H groups in total. The Labute approximate surface area is 544 Å². The van der Waals surface area contributed by atoms with Crippen molar-refractivity contribution in [2.24, 2.45) is 0 Å². The molecule has 0 bridgehead atoms. The number of benzene rings is 5. The van der Waals surface area contributed by atoms with Crippen LogP contribution in [0.15, 0.2) is 189 Å². The monoisotopic (exact) mass is 1520 g/mol. The zero-order valence-corrected chi connectivity index (χ0v) is 56.2. The summed E-state index contributed by atoms with van der Waals surface area (Å²) in [5, 5.41) is 24.8. The third kappa shape index (κ3) is 15.2. The number of carbonyl (C=O) groups excluding carboxylic acids is 1. The number of hydrogen-bond acceptors (Lipinski definition) is 12. The maximum absolute atomic E-state index is 12.3. The minimum atomic E-state index is -0.703. The summed E-state index contributed by atoms with van der Waals surface area (Å²) >= 11 is 32.8. The number of pyridine rings is 5. The molecule has 0 amide bonds. The van der Waals surface area contributed by atoms with Crippen LogP contribution in [0.1, 0.15) is 64.7 Å². The van der Waals surface area contributed by atoms with Gasteiger partial charge in [0, 0.05) is 105 Å². The molecule has 0 atom stereocenters. The van der Waals surface area contributed by atoms with Crippen LogP contribution in [-0.2, 0) is 19.1 Å². The normalized spacial score (nSPS) is 15.0. The Hall–Kier alpha value is -4.48. The van der Waals surface area contributed by atoms with Gasteiger partial charge >= 0.3 is 17.9 Å². The summed E-state index contributed by atoms with van der Waals surface area (Å²) < 4.78 is 9.52. The largest absolute Gasteiger partial charge is 0.480 e. The van der Waals surface area contributed by atoms with E-state index in [4.69, 9.17) is 28.6 Å². The molecule has 0 saturated heterocycles. The fourth-order valence-electron chi connectivity index (χ4n) is 9.24. The molecule has 0 spiro atoms. The summed E-state index contributed by atoms with van der Waals surface area (Å²) in [7, 11) is 0. The minimum Gasteiger partial charge on any atom is -0.480 e. The molecule has 21 heteroatoms. The highest BCUT2D eigenvalue weighted by molar-refractivity contribution is 9.11. The van der Waals surface area contributed by atoms with Crippen LogP contribution in [-0.4, -0.2) is 73.9 Å². The van der Waals surface area contributed by atoms with Crippen molar-refractivity contribution in [3.8, 4) is 0 Å². The van der Waals surface area contributed by atoms with Gasteiger partial charge in [-0.05, 0) is 156 Å². The van der Waals surface area contributed by atoms with Crippen molar-refractivity contribution in [1.82, 2.24) is 24.9 Å². The molecule has 83 heavy (non-hydrogen) atoms. The van der Waals surface area contributed by atoms with Crippen LogP contribution in [0.3, 0.4) is 0 Å². The van der Waals surface area contributed by atoms with E-state index in [0.717, 1.165) is 159 Å². The average Bonchev–Trinajstić information content (AvgIpc) is 3.54. The molecule has 3 aliphatic rings. The lowest BCUT2D eigenvalue weighted by atomic mass is 9.84. The number of aromatic nitrogens is 5. The minimum absolute atomic E-state index is 0.0803. The van der Waals surface area contributed by atoms with Crippen molar-refractivity contribution in [1.29, 1.82) is 0 Å². The highest BCUT2D eigenvalue weighted by Crippen LogP contribution is 2.52. The number of esters is 1. The third-order valence-corrected chi connectivity index (χ3v) is 22.0. The van der Waals surface area contributed by atoms with Crippen molar-refractivity contribution in [3.05, 3.63) is 184 Å².